The molecule has 1 aliphatic carbocycles. The molecule has 0 unspecified atom stereocenters. The maximum absolute atomic E-state index is 12.5. The average Bonchev–Trinajstić information content (AvgIpc) is 3.21. The third kappa shape index (κ3) is 4.31. The third-order valence-electron chi connectivity index (χ3n) is 4.73. The Morgan fingerprint density at radius 3 is 2.67 bits per heavy atom. The summed E-state index contributed by atoms with van der Waals surface area (Å²) in [5.41, 5.74) is 2.23. The highest BCUT2D eigenvalue weighted by molar-refractivity contribution is 5.93. The highest BCUT2D eigenvalue weighted by Gasteiger charge is 2.24. The molecule has 1 aliphatic rings. The van der Waals surface area contributed by atoms with Gasteiger partial charge in [-0.15, -0.1) is 0 Å². The molecule has 4 rings (SSSR count). The molecule has 138 valence electrons. The van der Waals surface area contributed by atoms with Crippen LogP contribution in [0.15, 0.2) is 55.0 Å². The zero-order valence-electron chi connectivity index (χ0n) is 14.8. The van der Waals surface area contributed by atoms with Crippen LogP contribution in [0, 0.1) is 0 Å². The van der Waals surface area contributed by atoms with Gasteiger partial charge in [-0.1, -0.05) is 30.3 Å². The Labute approximate surface area is 157 Å². The third-order valence-corrected chi connectivity index (χ3v) is 4.73. The van der Waals surface area contributed by atoms with E-state index in [4.69, 9.17) is 4.74 Å². The number of carbonyl (C=O) groups is 1. The highest BCUT2D eigenvalue weighted by Crippen LogP contribution is 2.23. The topological polar surface area (TPSA) is 92.8 Å². The number of H-pyrrole nitrogens is 1. The second kappa shape index (κ2) is 7.99. The van der Waals surface area contributed by atoms with Crippen LogP contribution in [0.3, 0.4) is 0 Å². The van der Waals surface area contributed by atoms with Crippen LogP contribution in [0.2, 0.25) is 0 Å². The van der Waals surface area contributed by atoms with E-state index in [1.165, 1.54) is 0 Å². The summed E-state index contributed by atoms with van der Waals surface area (Å²) in [5, 5.41) is 10.2. The molecule has 0 radical (unpaired) electrons. The van der Waals surface area contributed by atoms with Crippen LogP contribution in [0.5, 0.6) is 5.88 Å². The Morgan fingerprint density at radius 1 is 1.11 bits per heavy atom. The Hall–Kier alpha value is -3.22. The van der Waals surface area contributed by atoms with Gasteiger partial charge < -0.3 is 10.1 Å². The summed E-state index contributed by atoms with van der Waals surface area (Å²) in [6.45, 7) is 0. The number of amides is 1. The lowest BCUT2D eigenvalue weighted by Crippen LogP contribution is -2.39. The van der Waals surface area contributed by atoms with E-state index in [1.807, 2.05) is 30.3 Å². The van der Waals surface area contributed by atoms with Crippen LogP contribution in [-0.2, 0) is 0 Å². The van der Waals surface area contributed by atoms with Crippen molar-refractivity contribution in [1.29, 1.82) is 0 Å². The van der Waals surface area contributed by atoms with E-state index in [1.54, 1.807) is 24.7 Å². The van der Waals surface area contributed by atoms with Crippen molar-refractivity contribution < 1.29 is 9.53 Å². The standard InChI is InChI=1S/C20H21N5O2/c26-20(18-12-17(24-25-18)14-4-2-1-3-5-14)23-15-6-8-16(9-7-15)27-19-13-21-10-11-22-19/h1-5,10-13,15-16H,6-9H2,(H,23,26)(H,24,25). The molecular formula is C20H21N5O2. The number of hydrogen-bond donors (Lipinski definition) is 2. The molecule has 0 aliphatic heterocycles. The van der Waals surface area contributed by atoms with Crippen molar-refractivity contribution in [3.63, 3.8) is 0 Å². The first-order valence-corrected chi connectivity index (χ1v) is 9.12. The maximum atomic E-state index is 12.5. The van der Waals surface area contributed by atoms with Gasteiger partial charge in [-0.25, -0.2) is 4.98 Å². The Kier molecular flexibility index (Phi) is 5.09. The van der Waals surface area contributed by atoms with Gasteiger partial charge in [-0.05, 0) is 31.7 Å². The van der Waals surface area contributed by atoms with E-state index >= 15 is 0 Å². The van der Waals surface area contributed by atoms with Gasteiger partial charge in [0.15, 0.2) is 0 Å². The van der Waals surface area contributed by atoms with E-state index in [0.717, 1.165) is 36.9 Å². The molecular weight excluding hydrogens is 342 g/mol. The first-order chi connectivity index (χ1) is 13.3. The van der Waals surface area contributed by atoms with Gasteiger partial charge in [-0.2, -0.15) is 5.10 Å². The van der Waals surface area contributed by atoms with Gasteiger partial charge in [0, 0.05) is 24.0 Å². The van der Waals surface area contributed by atoms with Crippen LogP contribution in [0.1, 0.15) is 36.2 Å². The zero-order chi connectivity index (χ0) is 18.5. The lowest BCUT2D eigenvalue weighted by molar-refractivity contribution is 0.0885. The van der Waals surface area contributed by atoms with Gasteiger partial charge >= 0.3 is 0 Å². The van der Waals surface area contributed by atoms with E-state index in [-0.39, 0.29) is 18.1 Å². The molecule has 0 spiro atoms. The molecule has 2 heterocycles. The zero-order valence-corrected chi connectivity index (χ0v) is 14.8. The molecule has 1 aromatic carbocycles. The van der Waals surface area contributed by atoms with E-state index in [0.29, 0.717) is 11.6 Å². The molecule has 1 saturated carbocycles. The van der Waals surface area contributed by atoms with Crippen LogP contribution in [0.25, 0.3) is 11.3 Å². The molecule has 1 amide bonds. The number of aromatic nitrogens is 4. The van der Waals surface area contributed by atoms with Crippen molar-refractivity contribution in [3.8, 4) is 17.1 Å². The van der Waals surface area contributed by atoms with Crippen molar-refractivity contribution in [2.45, 2.75) is 37.8 Å². The van der Waals surface area contributed by atoms with Crippen molar-refractivity contribution >= 4 is 5.91 Å². The van der Waals surface area contributed by atoms with Gasteiger partial charge in [0.05, 0.1) is 11.9 Å². The molecule has 1 fully saturated rings. The molecule has 27 heavy (non-hydrogen) atoms. The summed E-state index contributed by atoms with van der Waals surface area (Å²) in [7, 11) is 0. The van der Waals surface area contributed by atoms with Crippen molar-refractivity contribution in [2.75, 3.05) is 0 Å². The summed E-state index contributed by atoms with van der Waals surface area (Å²) in [6, 6.07) is 11.7. The van der Waals surface area contributed by atoms with E-state index in [2.05, 4.69) is 25.5 Å². The molecule has 0 atom stereocenters. The minimum atomic E-state index is -0.122. The molecule has 7 nitrogen and oxygen atoms in total. The number of nitrogens with zero attached hydrogens (tertiary/aromatic N) is 3. The number of ether oxygens (including phenoxy) is 1. The lowest BCUT2D eigenvalue weighted by atomic mass is 9.93. The number of benzene rings is 1. The summed E-state index contributed by atoms with van der Waals surface area (Å²) in [6.07, 6.45) is 8.47. The van der Waals surface area contributed by atoms with Gasteiger partial charge in [-0.3, -0.25) is 14.9 Å². The van der Waals surface area contributed by atoms with Crippen LogP contribution >= 0.6 is 0 Å². The largest absolute Gasteiger partial charge is 0.473 e. The van der Waals surface area contributed by atoms with Crippen LogP contribution < -0.4 is 10.1 Å². The molecule has 3 aromatic rings. The SMILES string of the molecule is O=C(NC1CCC(Oc2cnccn2)CC1)c1cc(-c2ccccc2)n[nH]1. The summed E-state index contributed by atoms with van der Waals surface area (Å²) in [5.74, 6) is 0.430. The Morgan fingerprint density at radius 2 is 1.93 bits per heavy atom. The molecule has 2 aromatic heterocycles. The maximum Gasteiger partial charge on any atom is 0.269 e. The first-order valence-electron chi connectivity index (χ1n) is 9.12. The predicted octanol–water partition coefficient (Wildman–Crippen LogP) is 2.99. The average molecular weight is 363 g/mol. The van der Waals surface area contributed by atoms with Crippen LogP contribution in [-0.4, -0.2) is 38.2 Å². The molecule has 2 N–H and O–H groups in total. The highest BCUT2D eigenvalue weighted by atomic mass is 16.5. The quantitative estimate of drug-likeness (QED) is 0.727. The first kappa shape index (κ1) is 17.2. The Balaban J connectivity index is 1.29. The molecule has 0 bridgehead atoms. The number of rotatable bonds is 5. The number of nitrogens with one attached hydrogen (secondary N) is 2. The van der Waals surface area contributed by atoms with Crippen molar-refractivity contribution in [2.24, 2.45) is 0 Å². The van der Waals surface area contributed by atoms with Gasteiger partial charge in [0.1, 0.15) is 11.8 Å². The minimum Gasteiger partial charge on any atom is -0.473 e. The second-order valence-electron chi connectivity index (χ2n) is 6.64. The molecule has 0 saturated heterocycles. The van der Waals surface area contributed by atoms with Crippen molar-refractivity contribution in [1.82, 2.24) is 25.5 Å². The predicted molar refractivity (Wildman–Crippen MR) is 100 cm³/mol. The van der Waals surface area contributed by atoms with Gasteiger partial charge in [0.25, 0.3) is 5.91 Å². The summed E-state index contributed by atoms with van der Waals surface area (Å²) >= 11 is 0. The summed E-state index contributed by atoms with van der Waals surface area (Å²) in [4.78, 5) is 20.6. The normalized spacial score (nSPS) is 19.4. The fourth-order valence-corrected chi connectivity index (χ4v) is 3.30. The van der Waals surface area contributed by atoms with Gasteiger partial charge in [0.2, 0.25) is 5.88 Å². The van der Waals surface area contributed by atoms with E-state index in [9.17, 15) is 4.79 Å². The smallest absolute Gasteiger partial charge is 0.269 e. The molecule has 7 heteroatoms. The van der Waals surface area contributed by atoms with Crippen molar-refractivity contribution in [3.05, 3.63) is 60.7 Å². The lowest BCUT2D eigenvalue weighted by Gasteiger charge is -2.28. The number of hydrogen-bond acceptors (Lipinski definition) is 5. The summed E-state index contributed by atoms with van der Waals surface area (Å²) < 4.78 is 5.84. The number of carbonyl (C=O) groups excluding carboxylic acids is 1. The number of aromatic amines is 1. The monoisotopic (exact) mass is 363 g/mol. The Bertz CT molecular complexity index is 874. The van der Waals surface area contributed by atoms with Crippen LogP contribution in [0.4, 0.5) is 0 Å². The van der Waals surface area contributed by atoms with E-state index < -0.39 is 0 Å². The second-order valence-corrected chi connectivity index (χ2v) is 6.64. The fraction of sp³-hybridized carbons (Fsp3) is 0.300. The minimum absolute atomic E-state index is 0.117. The fourth-order valence-electron chi connectivity index (χ4n) is 3.30.